The molecule has 1 aliphatic rings. The lowest BCUT2D eigenvalue weighted by Crippen LogP contribution is -2.26. The van der Waals surface area contributed by atoms with E-state index in [0.29, 0.717) is 12.3 Å². The van der Waals surface area contributed by atoms with Gasteiger partial charge in [-0.25, -0.2) is 0 Å². The molecule has 0 bridgehead atoms. The summed E-state index contributed by atoms with van der Waals surface area (Å²) in [6.07, 6.45) is 9.04. The average molecular weight is 334 g/mol. The highest BCUT2D eigenvalue weighted by Gasteiger charge is 2.20. The molecule has 0 N–H and O–H groups in total. The van der Waals surface area contributed by atoms with E-state index in [1.807, 2.05) is 6.92 Å². The third-order valence-electron chi connectivity index (χ3n) is 3.94. The van der Waals surface area contributed by atoms with Crippen LogP contribution in [-0.4, -0.2) is 38.5 Å². The quantitative estimate of drug-likeness (QED) is 0.250. The first-order valence-corrected chi connectivity index (χ1v) is 8.53. The predicted octanol–water partition coefficient (Wildman–Crippen LogP) is 3.66. The first-order valence-electron chi connectivity index (χ1n) is 8.53. The molecule has 0 fully saturated rings. The van der Waals surface area contributed by atoms with Crippen LogP contribution in [0.25, 0.3) is 0 Å². The van der Waals surface area contributed by atoms with E-state index in [2.05, 4.69) is 37.5 Å². The summed E-state index contributed by atoms with van der Waals surface area (Å²) < 4.78 is 16.2. The Morgan fingerprint density at radius 3 is 2.96 bits per heavy atom. The molecule has 0 aromatic carbocycles. The van der Waals surface area contributed by atoms with Gasteiger partial charge >= 0.3 is 0 Å². The Morgan fingerprint density at radius 1 is 1.50 bits per heavy atom. The number of hydrogen-bond donors (Lipinski definition) is 0. The second-order valence-electron chi connectivity index (χ2n) is 6.34. The summed E-state index contributed by atoms with van der Waals surface area (Å²) in [4.78, 5) is 11.0. The standard InChI is InChI=1S/C20H30O4/c1-5-6-8-18-9-7-10-19(24-18)12-16(2)11-17(3)13-20(14-21)23-15-22-4/h7,9,14,16,18-20H,3,8,10-13,15H2,1-2,4H3/t16-,18+,19-,20-/m0/s1. The number of hydrogen-bond acceptors (Lipinski definition) is 4. The van der Waals surface area contributed by atoms with Gasteiger partial charge in [0.05, 0.1) is 12.2 Å². The van der Waals surface area contributed by atoms with Gasteiger partial charge in [0.15, 0.2) is 0 Å². The van der Waals surface area contributed by atoms with Crippen molar-refractivity contribution in [1.82, 2.24) is 0 Å². The molecule has 0 aromatic rings. The zero-order valence-electron chi connectivity index (χ0n) is 15.1. The summed E-state index contributed by atoms with van der Waals surface area (Å²) >= 11 is 0. The summed E-state index contributed by atoms with van der Waals surface area (Å²) in [6, 6.07) is 0. The van der Waals surface area contributed by atoms with Crippen LogP contribution in [0.5, 0.6) is 0 Å². The van der Waals surface area contributed by atoms with Gasteiger partial charge < -0.3 is 19.0 Å². The molecule has 0 saturated carbocycles. The summed E-state index contributed by atoms with van der Waals surface area (Å²) in [7, 11) is 1.54. The van der Waals surface area contributed by atoms with Crippen molar-refractivity contribution in [1.29, 1.82) is 0 Å². The van der Waals surface area contributed by atoms with Gasteiger partial charge in [-0.05, 0) is 32.1 Å². The van der Waals surface area contributed by atoms with Crippen molar-refractivity contribution in [3.63, 3.8) is 0 Å². The van der Waals surface area contributed by atoms with Crippen LogP contribution in [0.4, 0.5) is 0 Å². The zero-order valence-corrected chi connectivity index (χ0v) is 15.1. The number of carbonyl (C=O) groups excluding carboxylic acids is 1. The third-order valence-corrected chi connectivity index (χ3v) is 3.94. The second-order valence-corrected chi connectivity index (χ2v) is 6.34. The minimum Gasteiger partial charge on any atom is -0.370 e. The lowest BCUT2D eigenvalue weighted by atomic mass is 9.92. The van der Waals surface area contributed by atoms with E-state index >= 15 is 0 Å². The Bertz CT molecular complexity index is 472. The van der Waals surface area contributed by atoms with Gasteiger partial charge in [-0.3, -0.25) is 0 Å². The summed E-state index contributed by atoms with van der Waals surface area (Å²) in [6.45, 7) is 8.25. The molecule has 0 unspecified atom stereocenters. The Labute approximate surface area is 146 Å². The highest BCUT2D eigenvalue weighted by atomic mass is 16.7. The summed E-state index contributed by atoms with van der Waals surface area (Å²) in [5, 5.41) is 0. The first-order chi connectivity index (χ1) is 11.6. The van der Waals surface area contributed by atoms with Crippen LogP contribution < -0.4 is 0 Å². The molecule has 0 spiro atoms. The largest absolute Gasteiger partial charge is 0.370 e. The van der Waals surface area contributed by atoms with Crippen molar-refractivity contribution >= 4 is 6.29 Å². The molecule has 134 valence electrons. The minimum atomic E-state index is -0.476. The van der Waals surface area contributed by atoms with E-state index < -0.39 is 6.10 Å². The summed E-state index contributed by atoms with van der Waals surface area (Å²) in [5.41, 5.74) is 1.02. The topological polar surface area (TPSA) is 44.8 Å². The fourth-order valence-electron chi connectivity index (χ4n) is 2.90. The van der Waals surface area contributed by atoms with E-state index in [0.717, 1.165) is 37.5 Å². The van der Waals surface area contributed by atoms with Gasteiger partial charge in [0, 0.05) is 20.0 Å². The molecule has 0 aliphatic carbocycles. The van der Waals surface area contributed by atoms with Crippen LogP contribution in [0.3, 0.4) is 0 Å². The van der Waals surface area contributed by atoms with Gasteiger partial charge in [-0.1, -0.05) is 31.2 Å². The van der Waals surface area contributed by atoms with Crippen LogP contribution in [0.1, 0.15) is 46.0 Å². The maximum atomic E-state index is 11.0. The van der Waals surface area contributed by atoms with Gasteiger partial charge in [0.2, 0.25) is 0 Å². The molecule has 1 rings (SSSR count). The number of aldehydes is 1. The Balaban J connectivity index is 2.35. The molecule has 0 saturated heterocycles. The fourth-order valence-corrected chi connectivity index (χ4v) is 2.90. The Hall–Kier alpha value is -1.41. The molecular formula is C20H30O4. The fraction of sp³-hybridized carbons (Fsp3) is 0.650. The Morgan fingerprint density at radius 2 is 2.29 bits per heavy atom. The monoisotopic (exact) mass is 334 g/mol. The van der Waals surface area contributed by atoms with Crippen molar-refractivity contribution in [3.8, 4) is 11.8 Å². The Kier molecular flexibility index (Phi) is 10.3. The molecule has 1 heterocycles. The molecule has 1 aliphatic heterocycles. The molecule has 0 amide bonds. The normalized spacial score (nSPS) is 22.3. The van der Waals surface area contributed by atoms with Crippen molar-refractivity contribution in [2.24, 2.45) is 5.92 Å². The van der Waals surface area contributed by atoms with Crippen molar-refractivity contribution < 1.29 is 19.0 Å². The number of methoxy groups -OCH3 is 1. The maximum Gasteiger partial charge on any atom is 0.149 e. The molecule has 0 radical (unpaired) electrons. The molecular weight excluding hydrogens is 304 g/mol. The zero-order chi connectivity index (χ0) is 17.8. The highest BCUT2D eigenvalue weighted by Crippen LogP contribution is 2.25. The van der Waals surface area contributed by atoms with Gasteiger partial charge in [0.25, 0.3) is 0 Å². The lowest BCUT2D eigenvalue weighted by Gasteiger charge is -2.27. The van der Waals surface area contributed by atoms with E-state index in [9.17, 15) is 4.79 Å². The number of rotatable bonds is 11. The predicted molar refractivity (Wildman–Crippen MR) is 95.5 cm³/mol. The van der Waals surface area contributed by atoms with Gasteiger partial charge in [-0.15, -0.1) is 11.8 Å². The average Bonchev–Trinajstić information content (AvgIpc) is 2.56. The van der Waals surface area contributed by atoms with Crippen LogP contribution in [0, 0.1) is 17.8 Å². The minimum absolute atomic E-state index is 0.105. The van der Waals surface area contributed by atoms with Crippen LogP contribution in [0.2, 0.25) is 0 Å². The molecule has 24 heavy (non-hydrogen) atoms. The smallest absolute Gasteiger partial charge is 0.149 e. The summed E-state index contributed by atoms with van der Waals surface area (Å²) in [5.74, 6) is 6.43. The van der Waals surface area contributed by atoms with Crippen LogP contribution in [0.15, 0.2) is 24.3 Å². The van der Waals surface area contributed by atoms with Gasteiger partial charge in [0.1, 0.15) is 19.2 Å². The van der Waals surface area contributed by atoms with E-state index in [-0.39, 0.29) is 19.0 Å². The van der Waals surface area contributed by atoms with E-state index in [4.69, 9.17) is 14.2 Å². The third kappa shape index (κ3) is 8.44. The van der Waals surface area contributed by atoms with Crippen LogP contribution >= 0.6 is 0 Å². The van der Waals surface area contributed by atoms with E-state index in [1.165, 1.54) is 7.11 Å². The van der Waals surface area contributed by atoms with Crippen molar-refractivity contribution in [3.05, 3.63) is 24.3 Å². The maximum absolute atomic E-state index is 11.0. The molecule has 4 heteroatoms. The second kappa shape index (κ2) is 12.0. The molecule has 4 atom stereocenters. The van der Waals surface area contributed by atoms with Crippen molar-refractivity contribution in [2.75, 3.05) is 13.9 Å². The lowest BCUT2D eigenvalue weighted by molar-refractivity contribution is -0.127. The first kappa shape index (κ1) is 20.6. The number of carbonyl (C=O) groups is 1. The number of ether oxygens (including phenoxy) is 3. The van der Waals surface area contributed by atoms with Crippen molar-refractivity contribution in [2.45, 2.75) is 64.3 Å². The molecule has 4 nitrogen and oxygen atoms in total. The van der Waals surface area contributed by atoms with Gasteiger partial charge in [-0.2, -0.15) is 0 Å². The molecule has 0 aromatic heterocycles. The van der Waals surface area contributed by atoms with Crippen LogP contribution in [-0.2, 0) is 19.0 Å². The SMILES string of the molecule is C=C(C[C@H](C)C[C@@H]1CC=C[C@@H](CC#CC)O1)C[C@@H](C=O)OCOC. The highest BCUT2D eigenvalue weighted by molar-refractivity contribution is 5.56. The van der Waals surface area contributed by atoms with E-state index in [1.54, 1.807) is 0 Å².